The van der Waals surface area contributed by atoms with Crippen molar-refractivity contribution in [3.8, 4) is 0 Å². The van der Waals surface area contributed by atoms with Gasteiger partial charge in [-0.05, 0) is 12.0 Å². The van der Waals surface area contributed by atoms with Crippen LogP contribution < -0.4 is 5.32 Å². The minimum absolute atomic E-state index is 0.0714. The molecule has 0 spiro atoms. The Kier molecular flexibility index (Phi) is 3.75. The van der Waals surface area contributed by atoms with E-state index >= 15 is 0 Å². The summed E-state index contributed by atoms with van der Waals surface area (Å²) in [5, 5.41) is 2.69. The van der Waals surface area contributed by atoms with E-state index in [-0.39, 0.29) is 30.8 Å². The number of ether oxygens (including phenoxy) is 1. The Balaban J connectivity index is 1.83. The number of nitrogens with one attached hydrogen (secondary N) is 1. The molecule has 1 amide bonds. The lowest BCUT2D eigenvalue weighted by Crippen LogP contribution is -2.37. The SMILES string of the molecule is O=C1CC(C(=O)OCc2ccccc2)CCN1. The lowest BCUT2D eigenvalue weighted by molar-refractivity contribution is -0.152. The van der Waals surface area contributed by atoms with E-state index in [4.69, 9.17) is 4.74 Å². The van der Waals surface area contributed by atoms with Crippen LogP contribution in [-0.2, 0) is 20.9 Å². The van der Waals surface area contributed by atoms with Crippen molar-refractivity contribution in [3.05, 3.63) is 35.9 Å². The van der Waals surface area contributed by atoms with Crippen molar-refractivity contribution in [2.75, 3.05) is 6.54 Å². The van der Waals surface area contributed by atoms with Gasteiger partial charge in [-0.3, -0.25) is 9.59 Å². The first kappa shape index (κ1) is 11.6. The molecular formula is C13H15NO3. The zero-order chi connectivity index (χ0) is 12.1. The molecule has 2 rings (SSSR count). The Morgan fingerprint density at radius 3 is 2.82 bits per heavy atom. The summed E-state index contributed by atoms with van der Waals surface area (Å²) in [5.74, 6) is -0.630. The van der Waals surface area contributed by atoms with E-state index in [9.17, 15) is 9.59 Å². The molecule has 0 radical (unpaired) electrons. The van der Waals surface area contributed by atoms with Crippen LogP contribution in [0.2, 0.25) is 0 Å². The number of carbonyl (C=O) groups excluding carboxylic acids is 2. The first-order chi connectivity index (χ1) is 8.25. The monoisotopic (exact) mass is 233 g/mol. The number of esters is 1. The molecule has 0 saturated carbocycles. The van der Waals surface area contributed by atoms with Crippen LogP contribution in [0, 0.1) is 5.92 Å². The maximum absolute atomic E-state index is 11.7. The standard InChI is InChI=1S/C13H15NO3/c15-12-8-11(6-7-14-12)13(16)17-9-10-4-2-1-3-5-10/h1-5,11H,6-9H2,(H,14,15). The van der Waals surface area contributed by atoms with Gasteiger partial charge in [-0.15, -0.1) is 0 Å². The quantitative estimate of drug-likeness (QED) is 0.799. The van der Waals surface area contributed by atoms with Crippen LogP contribution >= 0.6 is 0 Å². The molecule has 1 aliphatic rings. The molecule has 0 aliphatic carbocycles. The highest BCUT2D eigenvalue weighted by Crippen LogP contribution is 2.15. The van der Waals surface area contributed by atoms with Gasteiger partial charge in [0.2, 0.25) is 5.91 Å². The minimum Gasteiger partial charge on any atom is -0.461 e. The van der Waals surface area contributed by atoms with Gasteiger partial charge in [0.1, 0.15) is 6.61 Å². The smallest absolute Gasteiger partial charge is 0.309 e. The van der Waals surface area contributed by atoms with Gasteiger partial charge < -0.3 is 10.1 Å². The van der Waals surface area contributed by atoms with E-state index in [1.807, 2.05) is 30.3 Å². The van der Waals surface area contributed by atoms with Crippen molar-refractivity contribution in [2.24, 2.45) is 5.92 Å². The number of piperidine rings is 1. The van der Waals surface area contributed by atoms with Gasteiger partial charge in [0, 0.05) is 13.0 Å². The molecule has 1 saturated heterocycles. The third kappa shape index (κ3) is 3.31. The van der Waals surface area contributed by atoms with Gasteiger partial charge in [0.25, 0.3) is 0 Å². The number of carbonyl (C=O) groups is 2. The summed E-state index contributed by atoms with van der Waals surface area (Å²) in [4.78, 5) is 22.8. The lowest BCUT2D eigenvalue weighted by atomic mass is 9.98. The normalized spacial score (nSPS) is 19.5. The summed E-state index contributed by atoms with van der Waals surface area (Å²) in [6.07, 6.45) is 0.910. The van der Waals surface area contributed by atoms with Crippen LogP contribution in [-0.4, -0.2) is 18.4 Å². The maximum atomic E-state index is 11.7. The van der Waals surface area contributed by atoms with Crippen molar-refractivity contribution in [1.82, 2.24) is 5.32 Å². The molecular weight excluding hydrogens is 218 g/mol. The minimum atomic E-state index is -0.285. The van der Waals surface area contributed by atoms with E-state index in [0.717, 1.165) is 5.56 Å². The summed E-state index contributed by atoms with van der Waals surface area (Å²) >= 11 is 0. The van der Waals surface area contributed by atoms with Crippen LogP contribution in [0.5, 0.6) is 0 Å². The predicted octanol–water partition coefficient (Wildman–Crippen LogP) is 1.26. The Morgan fingerprint density at radius 1 is 1.35 bits per heavy atom. The van der Waals surface area contributed by atoms with E-state index in [0.29, 0.717) is 13.0 Å². The predicted molar refractivity (Wildman–Crippen MR) is 62.0 cm³/mol. The second-order valence-electron chi connectivity index (χ2n) is 4.13. The van der Waals surface area contributed by atoms with Crippen LogP contribution in [0.25, 0.3) is 0 Å². The highest BCUT2D eigenvalue weighted by molar-refractivity contribution is 5.84. The molecule has 1 aromatic rings. The van der Waals surface area contributed by atoms with E-state index in [2.05, 4.69) is 5.32 Å². The molecule has 1 heterocycles. The van der Waals surface area contributed by atoms with Crippen molar-refractivity contribution in [2.45, 2.75) is 19.4 Å². The molecule has 1 aliphatic heterocycles. The number of benzene rings is 1. The Morgan fingerprint density at radius 2 is 2.12 bits per heavy atom. The van der Waals surface area contributed by atoms with Crippen LogP contribution in [0.4, 0.5) is 0 Å². The highest BCUT2D eigenvalue weighted by Gasteiger charge is 2.26. The average Bonchev–Trinajstić information content (AvgIpc) is 2.37. The fourth-order valence-electron chi connectivity index (χ4n) is 1.83. The average molecular weight is 233 g/mol. The Labute approximate surface area is 100.0 Å². The first-order valence-corrected chi connectivity index (χ1v) is 5.73. The summed E-state index contributed by atoms with van der Waals surface area (Å²) < 4.78 is 5.20. The van der Waals surface area contributed by atoms with Crippen molar-refractivity contribution < 1.29 is 14.3 Å². The summed E-state index contributed by atoms with van der Waals surface area (Å²) in [6.45, 7) is 0.835. The fraction of sp³-hybridized carbons (Fsp3) is 0.385. The Hall–Kier alpha value is -1.84. The topological polar surface area (TPSA) is 55.4 Å². The lowest BCUT2D eigenvalue weighted by Gasteiger charge is -2.20. The van der Waals surface area contributed by atoms with Crippen molar-refractivity contribution >= 4 is 11.9 Å². The molecule has 1 N–H and O–H groups in total. The summed E-state index contributed by atoms with van der Waals surface area (Å²) in [7, 11) is 0. The number of amides is 1. The highest BCUT2D eigenvalue weighted by atomic mass is 16.5. The Bertz CT molecular complexity index is 402. The molecule has 0 bridgehead atoms. The molecule has 1 aromatic carbocycles. The van der Waals surface area contributed by atoms with Crippen molar-refractivity contribution in [1.29, 1.82) is 0 Å². The first-order valence-electron chi connectivity index (χ1n) is 5.73. The molecule has 0 aromatic heterocycles. The van der Waals surface area contributed by atoms with E-state index in [1.165, 1.54) is 0 Å². The van der Waals surface area contributed by atoms with Crippen LogP contribution in [0.3, 0.4) is 0 Å². The summed E-state index contributed by atoms with van der Waals surface area (Å²) in [6, 6.07) is 9.52. The molecule has 1 fully saturated rings. The van der Waals surface area contributed by atoms with Gasteiger partial charge >= 0.3 is 5.97 Å². The number of rotatable bonds is 3. The molecule has 1 atom stereocenters. The molecule has 1 unspecified atom stereocenters. The van der Waals surface area contributed by atoms with E-state index < -0.39 is 0 Å². The zero-order valence-corrected chi connectivity index (χ0v) is 9.52. The second kappa shape index (κ2) is 5.48. The fourth-order valence-corrected chi connectivity index (χ4v) is 1.83. The summed E-state index contributed by atoms with van der Waals surface area (Å²) in [5.41, 5.74) is 0.959. The van der Waals surface area contributed by atoms with Crippen LogP contribution in [0.1, 0.15) is 18.4 Å². The second-order valence-corrected chi connectivity index (χ2v) is 4.13. The van der Waals surface area contributed by atoms with Gasteiger partial charge in [0.05, 0.1) is 5.92 Å². The number of hydrogen-bond donors (Lipinski definition) is 1. The van der Waals surface area contributed by atoms with Crippen LogP contribution in [0.15, 0.2) is 30.3 Å². The maximum Gasteiger partial charge on any atom is 0.309 e. The zero-order valence-electron chi connectivity index (χ0n) is 9.52. The third-order valence-electron chi connectivity index (χ3n) is 2.80. The van der Waals surface area contributed by atoms with Crippen molar-refractivity contribution in [3.63, 3.8) is 0 Å². The largest absolute Gasteiger partial charge is 0.461 e. The molecule has 4 nitrogen and oxygen atoms in total. The van der Waals surface area contributed by atoms with Gasteiger partial charge in [0.15, 0.2) is 0 Å². The van der Waals surface area contributed by atoms with Gasteiger partial charge in [-0.25, -0.2) is 0 Å². The number of hydrogen-bond acceptors (Lipinski definition) is 3. The molecule has 90 valence electrons. The molecule has 4 heteroatoms. The van der Waals surface area contributed by atoms with Gasteiger partial charge in [-0.2, -0.15) is 0 Å². The third-order valence-corrected chi connectivity index (χ3v) is 2.80. The van der Waals surface area contributed by atoms with Gasteiger partial charge in [-0.1, -0.05) is 30.3 Å². The molecule has 17 heavy (non-hydrogen) atoms. The van der Waals surface area contributed by atoms with E-state index in [1.54, 1.807) is 0 Å².